The maximum atomic E-state index is 6.26. The van der Waals surface area contributed by atoms with E-state index in [0.717, 1.165) is 22.6 Å². The van der Waals surface area contributed by atoms with E-state index in [9.17, 15) is 0 Å². The van der Waals surface area contributed by atoms with Crippen LogP contribution in [0.5, 0.6) is 0 Å². The normalized spacial score (nSPS) is 12.3. The zero-order valence-corrected chi connectivity index (χ0v) is 18.7. The quantitative estimate of drug-likeness (QED) is 0.332. The van der Waals surface area contributed by atoms with Crippen molar-refractivity contribution in [3.63, 3.8) is 0 Å². The Morgan fingerprint density at radius 3 is 2.25 bits per heavy atom. The van der Waals surface area contributed by atoms with Gasteiger partial charge in [-0.05, 0) is 35.4 Å². The maximum Gasteiger partial charge on any atom is 0.0946 e. The van der Waals surface area contributed by atoms with Crippen LogP contribution in [0.15, 0.2) is 55.1 Å². The van der Waals surface area contributed by atoms with E-state index in [0.29, 0.717) is 33.2 Å². The predicted octanol–water partition coefficient (Wildman–Crippen LogP) is 7.02. The molecule has 0 saturated heterocycles. The summed E-state index contributed by atoms with van der Waals surface area (Å²) < 4.78 is 8.16. The number of thioether (sulfide) groups is 1. The largest absolute Gasteiger partial charge is 0.371 e. The van der Waals surface area contributed by atoms with Gasteiger partial charge in [0.1, 0.15) is 0 Å². The molecule has 0 aliphatic rings. The molecule has 0 aliphatic carbocycles. The summed E-state index contributed by atoms with van der Waals surface area (Å²) in [5.41, 5.74) is 1.96. The molecule has 28 heavy (non-hydrogen) atoms. The number of ether oxygens (including phenoxy) is 1. The Morgan fingerprint density at radius 1 is 0.964 bits per heavy atom. The van der Waals surface area contributed by atoms with Gasteiger partial charge >= 0.3 is 0 Å². The van der Waals surface area contributed by atoms with Gasteiger partial charge in [0.15, 0.2) is 0 Å². The molecule has 2 aromatic carbocycles. The van der Waals surface area contributed by atoms with Crippen molar-refractivity contribution in [1.82, 2.24) is 9.55 Å². The van der Waals surface area contributed by atoms with Gasteiger partial charge in [0, 0.05) is 44.0 Å². The summed E-state index contributed by atoms with van der Waals surface area (Å²) in [6.45, 7) is 1.12. The molecular formula is C20H18Cl4N2OS. The summed E-state index contributed by atoms with van der Waals surface area (Å²) in [5.74, 6) is 1.57. The van der Waals surface area contributed by atoms with Crippen LogP contribution >= 0.6 is 58.2 Å². The van der Waals surface area contributed by atoms with Crippen molar-refractivity contribution in [3.05, 3.63) is 86.3 Å². The summed E-state index contributed by atoms with van der Waals surface area (Å²) in [4.78, 5) is 4.10. The lowest BCUT2D eigenvalue weighted by atomic mass is 10.2. The SMILES string of the molecule is Clc1ccc(COC(CSCc2ccc(Cl)cc2Cl)Cn2ccnc2)c(Cl)c1. The van der Waals surface area contributed by atoms with E-state index < -0.39 is 0 Å². The molecule has 3 rings (SSSR count). The molecule has 148 valence electrons. The third-order valence-electron chi connectivity index (χ3n) is 4.04. The Kier molecular flexibility index (Phi) is 8.39. The molecular weight excluding hydrogens is 458 g/mol. The van der Waals surface area contributed by atoms with Crippen LogP contribution in [-0.2, 0) is 23.6 Å². The Labute approximate surface area is 188 Å². The van der Waals surface area contributed by atoms with Crippen LogP contribution in [0.25, 0.3) is 0 Å². The molecule has 1 unspecified atom stereocenters. The van der Waals surface area contributed by atoms with Crippen LogP contribution in [0.2, 0.25) is 20.1 Å². The Morgan fingerprint density at radius 2 is 1.64 bits per heavy atom. The van der Waals surface area contributed by atoms with Gasteiger partial charge in [0.25, 0.3) is 0 Å². The fourth-order valence-electron chi connectivity index (χ4n) is 2.57. The lowest BCUT2D eigenvalue weighted by molar-refractivity contribution is 0.0451. The van der Waals surface area contributed by atoms with Crippen molar-refractivity contribution in [3.8, 4) is 0 Å². The van der Waals surface area contributed by atoms with E-state index in [1.54, 1.807) is 36.4 Å². The van der Waals surface area contributed by atoms with Gasteiger partial charge in [-0.15, -0.1) is 0 Å². The first kappa shape index (κ1) is 21.8. The van der Waals surface area contributed by atoms with Crippen molar-refractivity contribution in [2.24, 2.45) is 0 Å². The van der Waals surface area contributed by atoms with Gasteiger partial charge in [0.2, 0.25) is 0 Å². The molecule has 0 radical (unpaired) electrons. The van der Waals surface area contributed by atoms with E-state index in [4.69, 9.17) is 51.1 Å². The average molecular weight is 476 g/mol. The highest BCUT2D eigenvalue weighted by Gasteiger charge is 2.13. The molecule has 3 aromatic rings. The Bertz CT molecular complexity index is 905. The molecule has 8 heteroatoms. The molecule has 0 amide bonds. The molecule has 0 fully saturated rings. The molecule has 0 spiro atoms. The van der Waals surface area contributed by atoms with Gasteiger partial charge in [0.05, 0.1) is 25.6 Å². The van der Waals surface area contributed by atoms with E-state index in [1.807, 2.05) is 35.0 Å². The highest BCUT2D eigenvalue weighted by molar-refractivity contribution is 7.98. The summed E-state index contributed by atoms with van der Waals surface area (Å²) in [6, 6.07) is 11.0. The first-order chi connectivity index (χ1) is 13.5. The molecule has 1 atom stereocenters. The van der Waals surface area contributed by atoms with Crippen molar-refractivity contribution in [2.45, 2.75) is 25.0 Å². The van der Waals surface area contributed by atoms with Gasteiger partial charge < -0.3 is 9.30 Å². The van der Waals surface area contributed by atoms with Gasteiger partial charge in [-0.3, -0.25) is 0 Å². The topological polar surface area (TPSA) is 27.1 Å². The highest BCUT2D eigenvalue weighted by atomic mass is 35.5. The van der Waals surface area contributed by atoms with Crippen LogP contribution in [-0.4, -0.2) is 21.4 Å². The number of nitrogens with zero attached hydrogens (tertiary/aromatic N) is 2. The number of halogens is 4. The second kappa shape index (κ2) is 10.8. The minimum Gasteiger partial charge on any atom is -0.371 e. The van der Waals surface area contributed by atoms with Crippen LogP contribution in [0.3, 0.4) is 0 Å². The molecule has 0 bridgehead atoms. The maximum absolute atomic E-state index is 6.26. The predicted molar refractivity (Wildman–Crippen MR) is 120 cm³/mol. The van der Waals surface area contributed by atoms with Crippen LogP contribution < -0.4 is 0 Å². The molecule has 0 saturated carbocycles. The average Bonchev–Trinajstić information content (AvgIpc) is 3.15. The molecule has 1 aromatic heterocycles. The molecule has 0 aliphatic heterocycles. The first-order valence-corrected chi connectivity index (χ1v) is 11.2. The van der Waals surface area contributed by atoms with Crippen molar-refractivity contribution < 1.29 is 4.74 Å². The second-order valence-corrected chi connectivity index (χ2v) is 8.90. The fraction of sp³-hybridized carbons (Fsp3) is 0.250. The minimum atomic E-state index is -0.0166. The number of aromatic nitrogens is 2. The molecule has 0 N–H and O–H groups in total. The summed E-state index contributed by atoms with van der Waals surface area (Å²) in [6.07, 6.45) is 5.45. The third-order valence-corrected chi connectivity index (χ3v) is 6.34. The highest BCUT2D eigenvalue weighted by Crippen LogP contribution is 2.26. The van der Waals surface area contributed by atoms with E-state index in [-0.39, 0.29) is 6.10 Å². The minimum absolute atomic E-state index is 0.0166. The summed E-state index contributed by atoms with van der Waals surface area (Å²) in [7, 11) is 0. The summed E-state index contributed by atoms with van der Waals surface area (Å²) >= 11 is 26.2. The van der Waals surface area contributed by atoms with Crippen LogP contribution in [0.1, 0.15) is 11.1 Å². The third kappa shape index (κ3) is 6.58. The lowest BCUT2D eigenvalue weighted by Gasteiger charge is -2.19. The van der Waals surface area contributed by atoms with Gasteiger partial charge in [-0.1, -0.05) is 58.5 Å². The second-order valence-electron chi connectivity index (χ2n) is 6.18. The summed E-state index contributed by atoms with van der Waals surface area (Å²) in [5, 5.41) is 2.54. The van der Waals surface area contributed by atoms with Crippen LogP contribution in [0, 0.1) is 0 Å². The number of rotatable bonds is 9. The Balaban J connectivity index is 1.59. The zero-order chi connectivity index (χ0) is 19.9. The fourth-order valence-corrected chi connectivity index (χ4v) is 4.64. The van der Waals surface area contributed by atoms with E-state index in [2.05, 4.69) is 4.98 Å². The van der Waals surface area contributed by atoms with E-state index in [1.165, 1.54) is 0 Å². The zero-order valence-electron chi connectivity index (χ0n) is 14.8. The Hall–Kier alpha value is -0.880. The molecule has 3 nitrogen and oxygen atoms in total. The van der Waals surface area contributed by atoms with Crippen molar-refractivity contribution >= 4 is 58.2 Å². The van der Waals surface area contributed by atoms with Gasteiger partial charge in [-0.2, -0.15) is 11.8 Å². The van der Waals surface area contributed by atoms with Crippen LogP contribution in [0.4, 0.5) is 0 Å². The number of benzene rings is 2. The first-order valence-electron chi connectivity index (χ1n) is 8.54. The monoisotopic (exact) mass is 474 g/mol. The number of hydrogen-bond acceptors (Lipinski definition) is 3. The van der Waals surface area contributed by atoms with Gasteiger partial charge in [-0.25, -0.2) is 4.98 Å². The lowest BCUT2D eigenvalue weighted by Crippen LogP contribution is -2.22. The smallest absolute Gasteiger partial charge is 0.0946 e. The van der Waals surface area contributed by atoms with Crippen molar-refractivity contribution in [2.75, 3.05) is 5.75 Å². The standard InChI is InChI=1S/C20H18Cl4N2OS/c21-16-3-1-14(19(23)7-16)10-27-18(9-26-6-5-25-13-26)12-28-11-15-2-4-17(22)8-20(15)24/h1-8,13,18H,9-12H2. The number of hydrogen-bond donors (Lipinski definition) is 0. The van der Waals surface area contributed by atoms with Crippen molar-refractivity contribution in [1.29, 1.82) is 0 Å². The van der Waals surface area contributed by atoms with E-state index >= 15 is 0 Å². The number of imidazole rings is 1. The molecule has 1 heterocycles.